The number of hydrogen-bond donors (Lipinski definition) is 1. The molecule has 1 aliphatic rings. The van der Waals surface area contributed by atoms with Crippen LogP contribution in [0.4, 0.5) is 0 Å². The lowest BCUT2D eigenvalue weighted by Crippen LogP contribution is -2.48. The Kier molecular flexibility index (Phi) is 5.53. The number of aromatic nitrogens is 2. The molecule has 0 radical (unpaired) electrons. The molecule has 1 aliphatic carbocycles. The number of rotatable bonds is 6. The first-order valence-corrected chi connectivity index (χ1v) is 7.83. The smallest absolute Gasteiger partial charge is 0.237 e. The molecule has 0 amide bonds. The van der Waals surface area contributed by atoms with Crippen molar-refractivity contribution in [3.05, 3.63) is 18.1 Å². The average molecular weight is 293 g/mol. The maximum Gasteiger partial charge on any atom is 0.237 e. The highest BCUT2D eigenvalue weighted by Crippen LogP contribution is 2.44. The molecule has 1 heterocycles. The zero-order valence-corrected chi connectivity index (χ0v) is 13.6. The fourth-order valence-corrected chi connectivity index (χ4v) is 3.65. The minimum absolute atomic E-state index is 0.0103. The SMILES string of the molecule is CCOC1(C(NC)c2nccnc2OC)CCCC(C)C1. The standard InChI is InChI=1S/C16H27N3O2/c1-5-21-16(8-6-7-12(2)11-16)14(17-3)13-15(20-4)19-10-9-18-13/h9-10,12,14,17H,5-8,11H2,1-4H3. The Bertz CT molecular complexity index is 451. The molecular formula is C16H27N3O2. The Morgan fingerprint density at radius 1 is 1.43 bits per heavy atom. The van der Waals surface area contributed by atoms with Gasteiger partial charge >= 0.3 is 0 Å². The van der Waals surface area contributed by atoms with E-state index in [1.54, 1.807) is 19.5 Å². The number of methoxy groups -OCH3 is 1. The Labute approximate surface area is 127 Å². The van der Waals surface area contributed by atoms with Gasteiger partial charge in [-0.15, -0.1) is 0 Å². The molecule has 1 N–H and O–H groups in total. The van der Waals surface area contributed by atoms with E-state index in [2.05, 4.69) is 29.1 Å². The number of nitrogens with one attached hydrogen (secondary N) is 1. The van der Waals surface area contributed by atoms with Crippen LogP contribution < -0.4 is 10.1 Å². The highest BCUT2D eigenvalue weighted by atomic mass is 16.5. The van der Waals surface area contributed by atoms with Crippen molar-refractivity contribution < 1.29 is 9.47 Å². The molecule has 5 heteroatoms. The third-order valence-electron chi connectivity index (χ3n) is 4.40. The highest BCUT2D eigenvalue weighted by Gasteiger charge is 2.44. The molecule has 0 spiro atoms. The number of nitrogens with zero attached hydrogens (tertiary/aromatic N) is 2. The summed E-state index contributed by atoms with van der Waals surface area (Å²) in [4.78, 5) is 8.81. The molecule has 0 aromatic carbocycles. The predicted molar refractivity (Wildman–Crippen MR) is 82.4 cm³/mol. The Morgan fingerprint density at radius 2 is 2.19 bits per heavy atom. The van der Waals surface area contributed by atoms with E-state index < -0.39 is 0 Å². The van der Waals surface area contributed by atoms with Gasteiger partial charge in [0, 0.05) is 19.0 Å². The summed E-state index contributed by atoms with van der Waals surface area (Å²) in [6.45, 7) is 5.06. The first kappa shape index (κ1) is 16.2. The van der Waals surface area contributed by atoms with Gasteiger partial charge < -0.3 is 14.8 Å². The van der Waals surface area contributed by atoms with Gasteiger partial charge in [-0.3, -0.25) is 4.98 Å². The normalized spacial score (nSPS) is 27.3. The van der Waals surface area contributed by atoms with Crippen LogP contribution in [-0.2, 0) is 4.74 Å². The van der Waals surface area contributed by atoms with E-state index in [0.29, 0.717) is 18.4 Å². The van der Waals surface area contributed by atoms with Crippen molar-refractivity contribution in [2.45, 2.75) is 51.2 Å². The molecule has 1 saturated carbocycles. The van der Waals surface area contributed by atoms with E-state index in [4.69, 9.17) is 9.47 Å². The van der Waals surface area contributed by atoms with Gasteiger partial charge in [0.15, 0.2) is 0 Å². The van der Waals surface area contributed by atoms with Crippen molar-refractivity contribution in [2.75, 3.05) is 20.8 Å². The van der Waals surface area contributed by atoms with Gasteiger partial charge in [0.05, 0.1) is 18.8 Å². The summed E-state index contributed by atoms with van der Waals surface area (Å²) in [5.74, 6) is 1.23. The molecule has 118 valence electrons. The van der Waals surface area contributed by atoms with Crippen LogP contribution in [0.1, 0.15) is 51.3 Å². The molecule has 0 saturated heterocycles. The monoisotopic (exact) mass is 293 g/mol. The lowest BCUT2D eigenvalue weighted by Gasteiger charge is -2.45. The van der Waals surface area contributed by atoms with Crippen molar-refractivity contribution in [3.8, 4) is 5.88 Å². The van der Waals surface area contributed by atoms with Crippen molar-refractivity contribution in [1.29, 1.82) is 0 Å². The third-order valence-corrected chi connectivity index (χ3v) is 4.40. The number of hydrogen-bond acceptors (Lipinski definition) is 5. The van der Waals surface area contributed by atoms with Gasteiger partial charge in [-0.2, -0.15) is 0 Å². The van der Waals surface area contributed by atoms with Crippen molar-refractivity contribution in [1.82, 2.24) is 15.3 Å². The predicted octanol–water partition coefficient (Wildman–Crippen LogP) is 2.73. The van der Waals surface area contributed by atoms with Crippen LogP contribution in [0.25, 0.3) is 0 Å². The van der Waals surface area contributed by atoms with Gasteiger partial charge in [-0.25, -0.2) is 4.98 Å². The summed E-state index contributed by atoms with van der Waals surface area (Å²) in [6, 6.07) is -0.0103. The van der Waals surface area contributed by atoms with Crippen LogP contribution in [0.2, 0.25) is 0 Å². The van der Waals surface area contributed by atoms with Crippen LogP contribution in [0.5, 0.6) is 5.88 Å². The molecule has 0 aliphatic heterocycles. The van der Waals surface area contributed by atoms with Gasteiger partial charge in [-0.05, 0) is 32.7 Å². The highest BCUT2D eigenvalue weighted by molar-refractivity contribution is 5.25. The van der Waals surface area contributed by atoms with E-state index in [1.165, 1.54) is 12.8 Å². The molecule has 3 unspecified atom stereocenters. The van der Waals surface area contributed by atoms with Gasteiger partial charge in [0.2, 0.25) is 5.88 Å². The second kappa shape index (κ2) is 7.18. The summed E-state index contributed by atoms with van der Waals surface area (Å²) in [5, 5.41) is 3.40. The van der Waals surface area contributed by atoms with E-state index in [-0.39, 0.29) is 11.6 Å². The average Bonchev–Trinajstić information content (AvgIpc) is 2.48. The van der Waals surface area contributed by atoms with E-state index in [1.807, 2.05) is 7.05 Å². The minimum Gasteiger partial charge on any atom is -0.480 e. The second-order valence-electron chi connectivity index (χ2n) is 5.87. The maximum absolute atomic E-state index is 6.26. The zero-order chi connectivity index (χ0) is 15.3. The Morgan fingerprint density at radius 3 is 2.81 bits per heavy atom. The van der Waals surface area contributed by atoms with Crippen LogP contribution in [0.15, 0.2) is 12.4 Å². The molecule has 1 fully saturated rings. The zero-order valence-electron chi connectivity index (χ0n) is 13.6. The minimum atomic E-state index is -0.232. The molecule has 1 aromatic rings. The van der Waals surface area contributed by atoms with Gasteiger partial charge in [0.25, 0.3) is 0 Å². The van der Waals surface area contributed by atoms with Crippen molar-refractivity contribution in [2.24, 2.45) is 5.92 Å². The summed E-state index contributed by atoms with van der Waals surface area (Å²) in [6.07, 6.45) is 7.90. The summed E-state index contributed by atoms with van der Waals surface area (Å²) in [5.41, 5.74) is 0.606. The molecule has 5 nitrogen and oxygen atoms in total. The molecule has 2 rings (SSSR count). The van der Waals surface area contributed by atoms with E-state index in [9.17, 15) is 0 Å². The lowest BCUT2D eigenvalue weighted by molar-refractivity contribution is -0.102. The Hall–Kier alpha value is -1.20. The lowest BCUT2D eigenvalue weighted by atomic mass is 9.73. The van der Waals surface area contributed by atoms with E-state index in [0.717, 1.165) is 18.5 Å². The molecule has 0 bridgehead atoms. The number of likely N-dealkylation sites (N-methyl/N-ethyl adjacent to an activating group) is 1. The molecule has 21 heavy (non-hydrogen) atoms. The summed E-state index contributed by atoms with van der Waals surface area (Å²) < 4.78 is 11.7. The van der Waals surface area contributed by atoms with Gasteiger partial charge in [-0.1, -0.05) is 19.8 Å². The Balaban J connectivity index is 2.39. The summed E-state index contributed by atoms with van der Waals surface area (Å²) >= 11 is 0. The first-order valence-electron chi connectivity index (χ1n) is 7.83. The quantitative estimate of drug-likeness (QED) is 0.874. The molecular weight excluding hydrogens is 266 g/mol. The van der Waals surface area contributed by atoms with Crippen LogP contribution in [0.3, 0.4) is 0 Å². The molecule has 1 aromatic heterocycles. The van der Waals surface area contributed by atoms with Crippen molar-refractivity contribution >= 4 is 0 Å². The van der Waals surface area contributed by atoms with E-state index >= 15 is 0 Å². The van der Waals surface area contributed by atoms with Gasteiger partial charge in [0.1, 0.15) is 5.69 Å². The largest absolute Gasteiger partial charge is 0.480 e. The van der Waals surface area contributed by atoms with Crippen LogP contribution >= 0.6 is 0 Å². The number of ether oxygens (including phenoxy) is 2. The summed E-state index contributed by atoms with van der Waals surface area (Å²) in [7, 11) is 3.59. The fraction of sp³-hybridized carbons (Fsp3) is 0.750. The second-order valence-corrected chi connectivity index (χ2v) is 5.87. The third kappa shape index (κ3) is 3.35. The maximum atomic E-state index is 6.26. The first-order chi connectivity index (χ1) is 10.2. The topological polar surface area (TPSA) is 56.3 Å². The fourth-order valence-electron chi connectivity index (χ4n) is 3.65. The molecule has 3 atom stereocenters. The van der Waals surface area contributed by atoms with Crippen LogP contribution in [0, 0.1) is 5.92 Å². The van der Waals surface area contributed by atoms with Crippen molar-refractivity contribution in [3.63, 3.8) is 0 Å². The van der Waals surface area contributed by atoms with Crippen LogP contribution in [-0.4, -0.2) is 36.3 Å².